The Labute approximate surface area is 155 Å². The molecule has 7 heteroatoms. The monoisotopic (exact) mass is 414 g/mol. The molecule has 1 unspecified atom stereocenters. The van der Waals surface area contributed by atoms with E-state index in [2.05, 4.69) is 15.9 Å². The first-order valence-electron chi connectivity index (χ1n) is 7.88. The second-order valence-corrected chi connectivity index (χ2v) is 7.78. The maximum atomic E-state index is 13.3. The summed E-state index contributed by atoms with van der Waals surface area (Å²) < 4.78 is 0.836. The van der Waals surface area contributed by atoms with Crippen molar-refractivity contribution < 1.29 is 14.4 Å². The Kier molecular flexibility index (Phi) is 4.77. The van der Waals surface area contributed by atoms with Gasteiger partial charge in [0.2, 0.25) is 5.91 Å². The summed E-state index contributed by atoms with van der Waals surface area (Å²) in [5.41, 5.74) is 0.730. The number of carbonyl (C=O) groups is 2. The SMILES string of the molecule is CON1CCC2(CC1)C(=O)C(c1c(C)cc(Br)cc1Cl)C(=O)N2C. The van der Waals surface area contributed by atoms with Gasteiger partial charge in [-0.05, 0) is 43.0 Å². The molecule has 0 N–H and O–H groups in total. The molecule has 1 spiro atoms. The normalized spacial score (nSPS) is 24.2. The molecule has 0 aromatic heterocycles. The summed E-state index contributed by atoms with van der Waals surface area (Å²) in [5, 5.41) is 2.27. The lowest BCUT2D eigenvalue weighted by Crippen LogP contribution is -2.54. The Morgan fingerprint density at radius 1 is 1.29 bits per heavy atom. The van der Waals surface area contributed by atoms with Gasteiger partial charge >= 0.3 is 0 Å². The van der Waals surface area contributed by atoms with Crippen LogP contribution < -0.4 is 0 Å². The molecule has 3 rings (SSSR count). The molecular weight excluding hydrogens is 396 g/mol. The number of hydroxylamine groups is 2. The highest BCUT2D eigenvalue weighted by atomic mass is 79.9. The Balaban J connectivity index is 2.01. The number of likely N-dealkylation sites (N-methyl/N-ethyl adjacent to an activating group) is 1. The first kappa shape index (κ1) is 17.9. The smallest absolute Gasteiger partial charge is 0.238 e. The van der Waals surface area contributed by atoms with Crippen LogP contribution in [0.2, 0.25) is 5.02 Å². The molecule has 24 heavy (non-hydrogen) atoms. The van der Waals surface area contributed by atoms with E-state index in [0.29, 0.717) is 36.5 Å². The van der Waals surface area contributed by atoms with Crippen LogP contribution in [-0.2, 0) is 14.4 Å². The number of nitrogens with zero attached hydrogens (tertiary/aromatic N) is 2. The molecule has 1 aromatic rings. The van der Waals surface area contributed by atoms with Crippen molar-refractivity contribution in [1.82, 2.24) is 9.96 Å². The Morgan fingerprint density at radius 2 is 1.92 bits per heavy atom. The lowest BCUT2D eigenvalue weighted by atomic mass is 9.79. The van der Waals surface area contributed by atoms with Crippen molar-refractivity contribution in [3.05, 3.63) is 32.8 Å². The summed E-state index contributed by atoms with van der Waals surface area (Å²) in [6.07, 6.45) is 1.15. The van der Waals surface area contributed by atoms with Crippen LogP contribution in [0.5, 0.6) is 0 Å². The number of hydrogen-bond acceptors (Lipinski definition) is 4. The van der Waals surface area contributed by atoms with E-state index in [0.717, 1.165) is 10.0 Å². The highest BCUT2D eigenvalue weighted by molar-refractivity contribution is 9.10. The first-order chi connectivity index (χ1) is 11.3. The number of likely N-dealkylation sites (tertiary alicyclic amines) is 1. The summed E-state index contributed by atoms with van der Waals surface area (Å²) >= 11 is 9.78. The third kappa shape index (κ3) is 2.60. The predicted molar refractivity (Wildman–Crippen MR) is 95.0 cm³/mol. The van der Waals surface area contributed by atoms with Crippen molar-refractivity contribution in [1.29, 1.82) is 0 Å². The second-order valence-electron chi connectivity index (χ2n) is 6.46. The van der Waals surface area contributed by atoms with Crippen molar-refractivity contribution in [2.45, 2.75) is 31.2 Å². The molecule has 0 saturated carbocycles. The molecule has 0 aliphatic carbocycles. The fourth-order valence-electron chi connectivity index (χ4n) is 3.90. The van der Waals surface area contributed by atoms with E-state index in [4.69, 9.17) is 16.4 Å². The summed E-state index contributed by atoms with van der Waals surface area (Å²) in [6, 6.07) is 3.63. The summed E-state index contributed by atoms with van der Waals surface area (Å²) in [7, 11) is 3.35. The number of piperidine rings is 1. The average molecular weight is 416 g/mol. The molecule has 2 heterocycles. The number of hydrogen-bond donors (Lipinski definition) is 0. The highest BCUT2D eigenvalue weighted by Crippen LogP contribution is 2.45. The van der Waals surface area contributed by atoms with E-state index >= 15 is 0 Å². The summed E-state index contributed by atoms with van der Waals surface area (Å²) in [5.74, 6) is -1.03. The molecule has 1 amide bonds. The van der Waals surface area contributed by atoms with Gasteiger partial charge in [-0.15, -0.1) is 0 Å². The van der Waals surface area contributed by atoms with Gasteiger partial charge in [-0.2, -0.15) is 5.06 Å². The van der Waals surface area contributed by atoms with Gasteiger partial charge in [0, 0.05) is 29.6 Å². The lowest BCUT2D eigenvalue weighted by molar-refractivity contribution is -0.165. The number of rotatable bonds is 2. The van der Waals surface area contributed by atoms with Gasteiger partial charge in [0.15, 0.2) is 5.78 Å². The number of Topliss-reactive ketones (excluding diaryl/α,β-unsaturated/α-hetero) is 1. The zero-order valence-corrected chi connectivity index (χ0v) is 16.3. The third-order valence-electron chi connectivity index (χ3n) is 5.34. The average Bonchev–Trinajstić information content (AvgIpc) is 2.71. The topological polar surface area (TPSA) is 49.9 Å². The minimum Gasteiger partial charge on any atom is -0.332 e. The zero-order valence-electron chi connectivity index (χ0n) is 13.9. The molecule has 1 aromatic carbocycles. The Hall–Kier alpha value is -0.950. The molecule has 5 nitrogen and oxygen atoms in total. The van der Waals surface area contributed by atoms with Crippen molar-refractivity contribution in [3.8, 4) is 0 Å². The molecule has 130 valence electrons. The van der Waals surface area contributed by atoms with Crippen LogP contribution in [0.15, 0.2) is 16.6 Å². The van der Waals surface area contributed by atoms with Crippen LogP contribution in [0, 0.1) is 6.92 Å². The molecule has 2 saturated heterocycles. The van der Waals surface area contributed by atoms with Crippen LogP contribution in [0.3, 0.4) is 0 Å². The zero-order chi connectivity index (χ0) is 17.6. The van der Waals surface area contributed by atoms with E-state index in [-0.39, 0.29) is 11.7 Å². The van der Waals surface area contributed by atoms with Crippen LogP contribution in [0.4, 0.5) is 0 Å². The van der Waals surface area contributed by atoms with E-state index in [1.54, 1.807) is 25.1 Å². The summed E-state index contributed by atoms with van der Waals surface area (Å²) in [6.45, 7) is 3.13. The molecule has 2 aliphatic rings. The highest BCUT2D eigenvalue weighted by Gasteiger charge is 2.58. The van der Waals surface area contributed by atoms with Gasteiger partial charge in [0.25, 0.3) is 0 Å². The maximum Gasteiger partial charge on any atom is 0.238 e. The minimum absolute atomic E-state index is 0.0434. The van der Waals surface area contributed by atoms with Crippen molar-refractivity contribution >= 4 is 39.2 Å². The lowest BCUT2D eigenvalue weighted by Gasteiger charge is -2.41. The number of carbonyl (C=O) groups excluding carboxylic acids is 2. The number of halogens is 2. The fourth-order valence-corrected chi connectivity index (χ4v) is 4.98. The van der Waals surface area contributed by atoms with Crippen molar-refractivity contribution in [3.63, 3.8) is 0 Å². The molecular formula is C17H20BrClN2O3. The maximum absolute atomic E-state index is 13.3. The summed E-state index contributed by atoms with van der Waals surface area (Å²) in [4.78, 5) is 33.1. The molecule has 2 aliphatic heterocycles. The minimum atomic E-state index is -0.815. The molecule has 0 radical (unpaired) electrons. The number of amides is 1. The van der Waals surface area contributed by atoms with Crippen LogP contribution in [-0.4, -0.2) is 54.4 Å². The fraction of sp³-hybridized carbons (Fsp3) is 0.529. The van der Waals surface area contributed by atoms with Crippen molar-refractivity contribution in [2.75, 3.05) is 27.2 Å². The standard InChI is InChI=1S/C17H20BrClN2O3/c1-10-8-11(18)9-12(19)13(10)14-15(22)17(20(2)16(14)23)4-6-21(24-3)7-5-17/h8-9,14H,4-7H2,1-3H3. The molecule has 1 atom stereocenters. The molecule has 2 fully saturated rings. The number of aryl methyl sites for hydroxylation is 1. The van der Waals surface area contributed by atoms with Gasteiger partial charge in [0.05, 0.1) is 7.11 Å². The number of benzene rings is 1. The largest absolute Gasteiger partial charge is 0.332 e. The van der Waals surface area contributed by atoms with Gasteiger partial charge in [-0.1, -0.05) is 27.5 Å². The van der Waals surface area contributed by atoms with E-state index in [1.807, 2.05) is 18.1 Å². The van der Waals surface area contributed by atoms with E-state index < -0.39 is 11.5 Å². The van der Waals surface area contributed by atoms with Gasteiger partial charge < -0.3 is 9.74 Å². The number of ketones is 1. The second kappa shape index (κ2) is 6.41. The Bertz CT molecular complexity index is 678. The van der Waals surface area contributed by atoms with E-state index in [1.165, 1.54) is 0 Å². The third-order valence-corrected chi connectivity index (χ3v) is 6.11. The van der Waals surface area contributed by atoms with Crippen molar-refractivity contribution in [2.24, 2.45) is 0 Å². The van der Waals surface area contributed by atoms with Gasteiger partial charge in [0.1, 0.15) is 11.5 Å². The Morgan fingerprint density at radius 3 is 2.46 bits per heavy atom. The predicted octanol–water partition coefficient (Wildman–Crippen LogP) is 2.93. The quantitative estimate of drug-likeness (QED) is 0.697. The molecule has 0 bridgehead atoms. The van der Waals surface area contributed by atoms with Crippen LogP contribution in [0.25, 0.3) is 0 Å². The van der Waals surface area contributed by atoms with Crippen LogP contribution >= 0.6 is 27.5 Å². The van der Waals surface area contributed by atoms with Gasteiger partial charge in [-0.3, -0.25) is 9.59 Å². The first-order valence-corrected chi connectivity index (χ1v) is 9.05. The van der Waals surface area contributed by atoms with Crippen LogP contribution in [0.1, 0.15) is 29.9 Å². The van der Waals surface area contributed by atoms with Gasteiger partial charge in [-0.25, -0.2) is 0 Å². The van der Waals surface area contributed by atoms with E-state index in [9.17, 15) is 9.59 Å².